The molecular formula is C22H32N4O4. The Bertz CT molecular complexity index is 838. The zero-order valence-electron chi connectivity index (χ0n) is 18.6. The van der Waals surface area contributed by atoms with Crippen molar-refractivity contribution in [2.45, 2.75) is 66.0 Å². The van der Waals surface area contributed by atoms with Crippen molar-refractivity contribution in [2.75, 3.05) is 6.54 Å². The first-order valence-corrected chi connectivity index (χ1v) is 10.2. The number of carbonyl (C=O) groups is 2. The summed E-state index contributed by atoms with van der Waals surface area (Å²) in [5.41, 5.74) is 1.42. The van der Waals surface area contributed by atoms with Gasteiger partial charge in [0, 0.05) is 24.9 Å². The molecule has 1 heterocycles. The molecule has 0 aliphatic carbocycles. The molecule has 0 saturated heterocycles. The summed E-state index contributed by atoms with van der Waals surface area (Å²) in [4.78, 5) is 24.2. The molecule has 30 heavy (non-hydrogen) atoms. The van der Waals surface area contributed by atoms with E-state index >= 15 is 0 Å². The maximum absolute atomic E-state index is 12.2. The van der Waals surface area contributed by atoms with Crippen LogP contribution in [0, 0.1) is 12.8 Å². The molecule has 1 atom stereocenters. The van der Waals surface area contributed by atoms with E-state index in [4.69, 9.17) is 9.15 Å². The van der Waals surface area contributed by atoms with Gasteiger partial charge in [-0.3, -0.25) is 4.79 Å². The molecule has 2 rings (SSSR count). The predicted octanol–water partition coefficient (Wildman–Crippen LogP) is 3.64. The van der Waals surface area contributed by atoms with Gasteiger partial charge in [-0.25, -0.2) is 4.79 Å². The number of amides is 2. The lowest BCUT2D eigenvalue weighted by molar-refractivity contribution is -0.121. The third kappa shape index (κ3) is 7.85. The van der Waals surface area contributed by atoms with Crippen LogP contribution in [-0.2, 0) is 16.0 Å². The second-order valence-electron chi connectivity index (χ2n) is 8.67. The van der Waals surface area contributed by atoms with Gasteiger partial charge in [0.15, 0.2) is 0 Å². The van der Waals surface area contributed by atoms with E-state index in [1.54, 1.807) is 20.8 Å². The van der Waals surface area contributed by atoms with E-state index in [2.05, 4.69) is 20.8 Å². The fourth-order valence-corrected chi connectivity index (χ4v) is 2.61. The average molecular weight is 417 g/mol. The smallest absolute Gasteiger partial charge is 0.407 e. The summed E-state index contributed by atoms with van der Waals surface area (Å²) >= 11 is 0. The van der Waals surface area contributed by atoms with E-state index in [0.29, 0.717) is 24.7 Å². The van der Waals surface area contributed by atoms with Crippen molar-refractivity contribution >= 4 is 12.0 Å². The first kappa shape index (κ1) is 23.4. The Labute approximate surface area is 177 Å². The molecule has 0 radical (unpaired) electrons. The van der Waals surface area contributed by atoms with E-state index in [1.165, 1.54) is 0 Å². The summed E-state index contributed by atoms with van der Waals surface area (Å²) < 4.78 is 10.9. The number of carbonyl (C=O) groups excluding carboxylic acids is 2. The maximum atomic E-state index is 12.2. The number of aryl methyl sites for hydroxylation is 2. The van der Waals surface area contributed by atoms with Gasteiger partial charge >= 0.3 is 6.09 Å². The first-order chi connectivity index (χ1) is 14.0. The number of ether oxygens (including phenoxy) is 1. The highest BCUT2D eigenvalue weighted by atomic mass is 16.6. The minimum Gasteiger partial charge on any atom is -0.444 e. The van der Waals surface area contributed by atoms with Crippen molar-refractivity contribution in [2.24, 2.45) is 5.92 Å². The van der Waals surface area contributed by atoms with Crippen molar-refractivity contribution in [3.8, 4) is 11.5 Å². The monoisotopic (exact) mass is 416 g/mol. The molecule has 1 aromatic heterocycles. The number of nitrogens with one attached hydrogen (secondary N) is 2. The van der Waals surface area contributed by atoms with Crippen molar-refractivity contribution in [1.29, 1.82) is 0 Å². The lowest BCUT2D eigenvalue weighted by Gasteiger charge is -2.26. The summed E-state index contributed by atoms with van der Waals surface area (Å²) in [7, 11) is 0. The van der Waals surface area contributed by atoms with Crippen LogP contribution in [0.3, 0.4) is 0 Å². The Morgan fingerprint density at radius 3 is 2.40 bits per heavy atom. The second-order valence-corrected chi connectivity index (χ2v) is 8.67. The predicted molar refractivity (Wildman–Crippen MR) is 114 cm³/mol. The van der Waals surface area contributed by atoms with Gasteiger partial charge in [0.1, 0.15) is 5.60 Å². The van der Waals surface area contributed by atoms with Crippen LogP contribution in [0.15, 0.2) is 28.7 Å². The summed E-state index contributed by atoms with van der Waals surface area (Å²) in [6.45, 7) is 11.7. The van der Waals surface area contributed by atoms with Gasteiger partial charge < -0.3 is 19.8 Å². The number of alkyl carbamates (subject to hydrolysis) is 1. The van der Waals surface area contributed by atoms with Crippen LogP contribution in [-0.4, -0.2) is 40.4 Å². The Morgan fingerprint density at radius 1 is 1.13 bits per heavy atom. The summed E-state index contributed by atoms with van der Waals surface area (Å²) in [5, 5.41) is 13.7. The van der Waals surface area contributed by atoms with E-state index in [-0.39, 0.29) is 24.3 Å². The van der Waals surface area contributed by atoms with E-state index in [1.807, 2.05) is 45.0 Å². The van der Waals surface area contributed by atoms with Gasteiger partial charge in [0.2, 0.25) is 17.7 Å². The molecule has 2 N–H and O–H groups in total. The number of nitrogens with zero attached hydrogens (tertiary/aromatic N) is 2. The largest absolute Gasteiger partial charge is 0.444 e. The summed E-state index contributed by atoms with van der Waals surface area (Å²) in [6, 6.07) is 7.55. The first-order valence-electron chi connectivity index (χ1n) is 10.2. The number of aromatic nitrogens is 2. The quantitative estimate of drug-likeness (QED) is 0.680. The van der Waals surface area contributed by atoms with Crippen LogP contribution < -0.4 is 10.6 Å². The van der Waals surface area contributed by atoms with Crippen molar-refractivity contribution in [3.63, 3.8) is 0 Å². The molecule has 2 aromatic rings. The molecule has 8 nitrogen and oxygen atoms in total. The van der Waals surface area contributed by atoms with Gasteiger partial charge in [0.25, 0.3) is 0 Å². The highest BCUT2D eigenvalue weighted by molar-refractivity contribution is 5.76. The zero-order chi connectivity index (χ0) is 22.3. The Balaban J connectivity index is 1.80. The Kier molecular flexibility index (Phi) is 7.97. The SMILES string of the molecule is Cc1ccc(-c2nnc(CCC(=O)NCC(NC(=O)OC(C)(C)C)C(C)C)o2)cc1. The summed E-state index contributed by atoms with van der Waals surface area (Å²) in [6.07, 6.45) is 0.0634. The third-order valence-electron chi connectivity index (χ3n) is 4.36. The van der Waals surface area contributed by atoms with E-state index in [0.717, 1.165) is 11.1 Å². The standard InChI is InChI=1S/C22H32N4O4/c1-14(2)17(24-21(28)30-22(4,5)6)13-23-18(27)11-12-19-25-26-20(29-19)16-9-7-15(3)8-10-16/h7-10,14,17H,11-13H2,1-6H3,(H,23,27)(H,24,28). The highest BCUT2D eigenvalue weighted by Gasteiger charge is 2.22. The average Bonchev–Trinajstić information content (AvgIpc) is 3.11. The number of rotatable bonds is 8. The molecule has 0 fully saturated rings. The molecule has 0 spiro atoms. The third-order valence-corrected chi connectivity index (χ3v) is 4.36. The van der Waals surface area contributed by atoms with Crippen LogP contribution in [0.25, 0.3) is 11.5 Å². The molecule has 2 amide bonds. The molecular weight excluding hydrogens is 384 g/mol. The summed E-state index contributed by atoms with van der Waals surface area (Å²) in [5.74, 6) is 0.826. The minimum atomic E-state index is -0.573. The normalized spacial score (nSPS) is 12.5. The highest BCUT2D eigenvalue weighted by Crippen LogP contribution is 2.18. The van der Waals surface area contributed by atoms with Gasteiger partial charge in [-0.1, -0.05) is 31.5 Å². The van der Waals surface area contributed by atoms with E-state index < -0.39 is 11.7 Å². The number of benzene rings is 1. The molecule has 0 saturated carbocycles. The van der Waals surface area contributed by atoms with Crippen LogP contribution in [0.1, 0.15) is 52.5 Å². The zero-order valence-corrected chi connectivity index (χ0v) is 18.6. The second kappa shape index (κ2) is 10.2. The molecule has 0 bridgehead atoms. The molecule has 0 aliphatic rings. The van der Waals surface area contributed by atoms with Crippen LogP contribution in [0.2, 0.25) is 0 Å². The molecule has 1 unspecified atom stereocenters. The number of hydrogen-bond acceptors (Lipinski definition) is 6. The van der Waals surface area contributed by atoms with Gasteiger partial charge in [-0.2, -0.15) is 0 Å². The van der Waals surface area contributed by atoms with Crippen molar-refractivity contribution in [3.05, 3.63) is 35.7 Å². The number of hydrogen-bond donors (Lipinski definition) is 2. The van der Waals surface area contributed by atoms with Crippen molar-refractivity contribution < 1.29 is 18.7 Å². The molecule has 164 valence electrons. The molecule has 1 aromatic carbocycles. The van der Waals surface area contributed by atoms with Crippen LogP contribution >= 0.6 is 0 Å². The maximum Gasteiger partial charge on any atom is 0.407 e. The minimum absolute atomic E-state index is 0.130. The van der Waals surface area contributed by atoms with Crippen molar-refractivity contribution in [1.82, 2.24) is 20.8 Å². The van der Waals surface area contributed by atoms with Crippen LogP contribution in [0.4, 0.5) is 4.79 Å². The van der Waals surface area contributed by atoms with Gasteiger partial charge in [0.05, 0.1) is 6.04 Å². The lowest BCUT2D eigenvalue weighted by Crippen LogP contribution is -2.48. The van der Waals surface area contributed by atoms with Gasteiger partial charge in [-0.15, -0.1) is 10.2 Å². The van der Waals surface area contributed by atoms with Crippen LogP contribution in [0.5, 0.6) is 0 Å². The fraction of sp³-hybridized carbons (Fsp3) is 0.545. The Morgan fingerprint density at radius 2 is 1.80 bits per heavy atom. The molecule has 0 aliphatic heterocycles. The molecule has 8 heteroatoms. The fourth-order valence-electron chi connectivity index (χ4n) is 2.61. The topological polar surface area (TPSA) is 106 Å². The Hall–Kier alpha value is -2.90. The lowest BCUT2D eigenvalue weighted by atomic mass is 10.0. The van der Waals surface area contributed by atoms with Gasteiger partial charge in [-0.05, 0) is 45.7 Å². The van der Waals surface area contributed by atoms with E-state index in [9.17, 15) is 9.59 Å².